The summed E-state index contributed by atoms with van der Waals surface area (Å²) >= 11 is 0. The highest BCUT2D eigenvalue weighted by Gasteiger charge is 2.50. The molecule has 12 rings (SSSR count). The van der Waals surface area contributed by atoms with Gasteiger partial charge in [-0.3, -0.25) is 39.7 Å². The summed E-state index contributed by atoms with van der Waals surface area (Å²) in [6, 6.07) is 17.8. The molecule has 522 valence electrons. The standard InChI is InChI=1S/C21H27N5O3.C20H25N5O3.C14H20N2O2.C9H12N2.4CO2/c1-13-5-6-16(22-11-13)21(8-9-21)23-18(27)17-14-12-26(10-7-15(14)24-25-17)19(28)29-20(2,3)4;1-19(2,3)28-18(27)25-11-7-14-13(12-25)16(24-23-14)17(26)22-20(8-9-20)15-6-4-5-10-21-15;1-10-5-6-11(15-9-10)14(7-8-14)16-12(17)18-13(2,3)4;1-7-2-3-8(11-6-7)9(10)4-5-9;4*2-1-3/h5-6,11H,7-10,12H2,1-4H3,(H,23,27)(H,24,25);4-6,10H,7-9,11-12H2,1-3H3,(H,22,26)(H,23,24);5-6,9H,7-8H2,1-4H3,(H,16,17);2-3,6H,4-5,10H2,1H3;;;;. The maximum atomic E-state index is 13.0. The maximum Gasteiger partial charge on any atom is 0.410 e. The van der Waals surface area contributed by atoms with Crippen LogP contribution in [0.4, 0.5) is 14.4 Å². The molecule has 0 spiro atoms. The lowest BCUT2D eigenvalue weighted by Gasteiger charge is -2.30. The Morgan fingerprint density at radius 3 is 1.10 bits per heavy atom. The van der Waals surface area contributed by atoms with Crippen molar-refractivity contribution in [1.29, 1.82) is 0 Å². The number of hydrogen-bond donors (Lipinski definition) is 6. The van der Waals surface area contributed by atoms with Crippen molar-refractivity contribution >= 4 is 54.7 Å². The molecule has 2 aliphatic heterocycles. The number of aromatic amines is 2. The predicted octanol–water partition coefficient (Wildman–Crippen LogP) is 7.25. The maximum absolute atomic E-state index is 13.0. The number of pyridine rings is 4. The molecule has 0 atom stereocenters. The molecular weight excluding hydrogens is 1270 g/mol. The lowest BCUT2D eigenvalue weighted by atomic mass is 10.0. The molecule has 0 unspecified atom stereocenters. The lowest BCUT2D eigenvalue weighted by molar-refractivity contribution is -0.193. The van der Waals surface area contributed by atoms with Gasteiger partial charge in [0.05, 0.1) is 58.0 Å². The highest BCUT2D eigenvalue weighted by Crippen LogP contribution is 2.47. The molecule has 6 aromatic heterocycles. The van der Waals surface area contributed by atoms with E-state index in [4.69, 9.17) is 58.3 Å². The number of rotatable bonds is 9. The fourth-order valence-corrected chi connectivity index (χ4v) is 9.99. The summed E-state index contributed by atoms with van der Waals surface area (Å²) in [5.41, 5.74) is 14.2. The van der Waals surface area contributed by atoms with Crippen LogP contribution in [0.2, 0.25) is 0 Å². The van der Waals surface area contributed by atoms with Crippen LogP contribution in [0.15, 0.2) is 79.4 Å². The summed E-state index contributed by atoms with van der Waals surface area (Å²) < 4.78 is 16.2. The van der Waals surface area contributed by atoms with Crippen molar-refractivity contribution in [2.24, 2.45) is 5.73 Å². The van der Waals surface area contributed by atoms with Crippen LogP contribution in [0.25, 0.3) is 0 Å². The first-order valence-electron chi connectivity index (χ1n) is 31.3. The highest BCUT2D eigenvalue weighted by molar-refractivity contribution is 5.95. The van der Waals surface area contributed by atoms with Crippen LogP contribution in [0.1, 0.15) is 197 Å². The van der Waals surface area contributed by atoms with Crippen molar-refractivity contribution in [3.05, 3.63) is 153 Å². The Balaban J connectivity index is 0.000000232. The minimum absolute atomic E-state index is 0.0757. The molecule has 0 radical (unpaired) electrons. The van der Waals surface area contributed by atoms with E-state index in [-0.39, 0.29) is 65.8 Å². The molecule has 7 N–H and O–H groups in total. The molecule has 8 heterocycles. The van der Waals surface area contributed by atoms with Crippen LogP contribution in [-0.4, -0.2) is 135 Å². The van der Waals surface area contributed by atoms with Gasteiger partial charge in [-0.15, -0.1) is 0 Å². The quantitative estimate of drug-likeness (QED) is 0.0776. The molecule has 30 nitrogen and oxygen atoms in total. The van der Waals surface area contributed by atoms with E-state index in [1.165, 1.54) is 5.56 Å². The van der Waals surface area contributed by atoms with E-state index in [9.17, 15) is 24.0 Å². The van der Waals surface area contributed by atoms with Crippen LogP contribution < -0.4 is 21.7 Å². The van der Waals surface area contributed by atoms with E-state index < -0.39 is 27.9 Å². The van der Waals surface area contributed by atoms with Gasteiger partial charge in [0.1, 0.15) is 16.8 Å². The van der Waals surface area contributed by atoms with Crippen LogP contribution in [0, 0.1) is 20.8 Å². The van der Waals surface area contributed by atoms with Gasteiger partial charge < -0.3 is 45.7 Å². The number of aromatic nitrogens is 8. The van der Waals surface area contributed by atoms with Gasteiger partial charge in [0.15, 0.2) is 11.4 Å². The molecule has 0 bridgehead atoms. The summed E-state index contributed by atoms with van der Waals surface area (Å²) in [5, 5.41) is 23.6. The largest absolute Gasteiger partial charge is 0.444 e. The fourth-order valence-electron chi connectivity index (χ4n) is 9.99. The number of ether oxygens (including phenoxy) is 3. The van der Waals surface area contributed by atoms with Crippen molar-refractivity contribution in [3.8, 4) is 0 Å². The third-order valence-corrected chi connectivity index (χ3v) is 15.5. The van der Waals surface area contributed by atoms with Crippen molar-refractivity contribution < 1.29 is 76.5 Å². The second kappa shape index (κ2) is 33.8. The monoisotopic (exact) mass is 1350 g/mol. The number of alkyl carbamates (subject to hydrolysis) is 1. The predicted molar refractivity (Wildman–Crippen MR) is 341 cm³/mol. The number of fused-ring (bicyclic) bond motifs is 2. The van der Waals surface area contributed by atoms with Crippen LogP contribution in [-0.2, 0) is 101 Å². The van der Waals surface area contributed by atoms with Gasteiger partial charge in [0.25, 0.3) is 11.8 Å². The molecule has 4 saturated carbocycles. The number of nitrogens with one attached hydrogen (secondary N) is 5. The van der Waals surface area contributed by atoms with Gasteiger partial charge in [-0.2, -0.15) is 48.6 Å². The van der Waals surface area contributed by atoms with Crippen molar-refractivity contribution in [2.45, 2.75) is 199 Å². The number of nitrogens with zero attached hydrogens (tertiary/aromatic N) is 8. The third-order valence-electron chi connectivity index (χ3n) is 15.5. The van der Waals surface area contributed by atoms with Crippen LogP contribution >= 0.6 is 0 Å². The number of carbonyl (C=O) groups is 5. The van der Waals surface area contributed by atoms with E-state index in [0.29, 0.717) is 50.4 Å². The first kappa shape index (κ1) is 78.0. The number of nitrogens with two attached hydrogens (primary N) is 1. The zero-order chi connectivity index (χ0) is 72.9. The Kier molecular flexibility index (Phi) is 26.9. The second-order valence-corrected chi connectivity index (χ2v) is 27.0. The zero-order valence-electron chi connectivity index (χ0n) is 57.1. The number of carbonyl (C=O) groups excluding carboxylic acids is 13. The Morgan fingerprint density at radius 2 is 0.806 bits per heavy atom. The van der Waals surface area contributed by atoms with Crippen molar-refractivity contribution in [2.75, 3.05) is 13.1 Å². The average Bonchev–Trinajstić information content (AvgIpc) is 1.62. The molecule has 98 heavy (non-hydrogen) atoms. The Hall–Kier alpha value is -10.7. The Labute approximate surface area is 566 Å². The zero-order valence-corrected chi connectivity index (χ0v) is 57.1. The summed E-state index contributed by atoms with van der Waals surface area (Å²) in [6.07, 6.45) is 15.8. The van der Waals surface area contributed by atoms with E-state index >= 15 is 0 Å². The van der Waals surface area contributed by atoms with Crippen molar-refractivity contribution in [3.63, 3.8) is 0 Å². The lowest BCUT2D eigenvalue weighted by Crippen LogP contribution is -2.41. The molecule has 30 heteroatoms. The van der Waals surface area contributed by atoms with Gasteiger partial charge in [-0.1, -0.05) is 24.3 Å². The third kappa shape index (κ3) is 23.3. The van der Waals surface area contributed by atoms with E-state index in [1.807, 2.05) is 150 Å². The first-order valence-corrected chi connectivity index (χ1v) is 31.3. The number of amides is 5. The molecule has 4 fully saturated rings. The highest BCUT2D eigenvalue weighted by atomic mass is 16.6. The number of H-pyrrole nitrogens is 2. The van der Waals surface area contributed by atoms with Gasteiger partial charge in [-0.25, -0.2) is 14.4 Å². The topological polar surface area (TPSA) is 427 Å². The molecular formula is C68H84N14O16. The van der Waals surface area contributed by atoms with E-state index in [1.54, 1.807) is 16.0 Å². The molecule has 6 aromatic rings. The first-order chi connectivity index (χ1) is 46.1. The molecule has 6 aliphatic rings. The van der Waals surface area contributed by atoms with Gasteiger partial charge >= 0.3 is 42.9 Å². The fraction of sp³-hybridized carbons (Fsp3) is 0.485. The summed E-state index contributed by atoms with van der Waals surface area (Å²) in [7, 11) is 0. The van der Waals surface area contributed by atoms with Gasteiger partial charge in [0, 0.05) is 73.2 Å². The van der Waals surface area contributed by atoms with Crippen LogP contribution in [0.3, 0.4) is 0 Å². The minimum Gasteiger partial charge on any atom is -0.444 e. The van der Waals surface area contributed by atoms with Gasteiger partial charge in [0.2, 0.25) is 0 Å². The average molecular weight is 1350 g/mol. The van der Waals surface area contributed by atoms with E-state index in [2.05, 4.69) is 62.3 Å². The second-order valence-electron chi connectivity index (χ2n) is 27.0. The molecule has 4 aliphatic carbocycles. The summed E-state index contributed by atoms with van der Waals surface area (Å²) in [5.74, 6) is -0.486. The minimum atomic E-state index is -0.562. The Morgan fingerprint density at radius 1 is 0.469 bits per heavy atom. The summed E-state index contributed by atoms with van der Waals surface area (Å²) in [4.78, 5) is 148. The summed E-state index contributed by atoms with van der Waals surface area (Å²) in [6.45, 7) is 24.3. The van der Waals surface area contributed by atoms with E-state index in [0.717, 1.165) is 108 Å². The molecule has 5 amide bonds. The van der Waals surface area contributed by atoms with Crippen LogP contribution in [0.5, 0.6) is 0 Å². The molecule has 0 saturated heterocycles. The van der Waals surface area contributed by atoms with Gasteiger partial charge in [-0.05, 0) is 181 Å². The Bertz CT molecular complexity index is 3780. The van der Waals surface area contributed by atoms with Crippen molar-refractivity contribution in [1.82, 2.24) is 66.1 Å². The normalized spacial score (nSPS) is 15.9. The SMILES string of the molecule is CC(C)(C)OC(=O)N1CCc2[nH]nc(C(=O)NC3(c4ccccn4)CC3)c2C1.Cc1ccc(C2(N)CC2)nc1.Cc1ccc(C2(NC(=O)OC(C)(C)C)CC2)nc1.Cc1ccc(C2(NC(=O)c3n[nH]c4c3CN(C(=O)OC(C)(C)C)CC4)CC2)nc1.O=C=O.O=C=O.O=C=O.O=C=O. The molecule has 0 aromatic carbocycles. The smallest absolute Gasteiger partial charge is 0.410 e. The number of aryl methyl sites for hydroxylation is 3. The number of hydrogen-bond acceptors (Lipinski definition) is 23.